The maximum atomic E-state index is 13.4. The lowest BCUT2D eigenvalue weighted by molar-refractivity contribution is -0.132. The average molecular weight is 842 g/mol. The van der Waals surface area contributed by atoms with E-state index in [-0.39, 0.29) is 60.6 Å². The number of amides is 7. The summed E-state index contributed by atoms with van der Waals surface area (Å²) in [7, 11) is 0. The molecule has 0 aliphatic heterocycles. The standard InChI is InChI=1S/C32H63N11O7S4/c1-2-37-30(48)23(43-32(50)25(42-29(47)22(36)18-54)11-5-7-13-39-27(45)20(34)16-52)9-4-8-14-40-31(49)24(41-28(46)21(35)17-53)10-3-6-12-38-26(44)19(33)15-51/h19-25,51-54H,2-18,33-36H2,1H3,(H,37,48)(H,38,44)(H,39,45)(H,40,49)(H,41,46)(H,42,47)(H,43,50). The van der Waals surface area contributed by atoms with Crippen molar-refractivity contribution >= 4 is 91.9 Å². The van der Waals surface area contributed by atoms with Crippen molar-refractivity contribution in [1.29, 1.82) is 0 Å². The number of hydrogen-bond donors (Lipinski definition) is 15. The summed E-state index contributed by atoms with van der Waals surface area (Å²) in [5.41, 5.74) is 22.9. The lowest BCUT2D eigenvalue weighted by Crippen LogP contribution is -2.56. The third-order valence-electron chi connectivity index (χ3n) is 8.04. The van der Waals surface area contributed by atoms with Crippen LogP contribution in [0.2, 0.25) is 0 Å². The van der Waals surface area contributed by atoms with E-state index in [0.29, 0.717) is 58.2 Å². The minimum absolute atomic E-state index is 0.0538. The van der Waals surface area contributed by atoms with Crippen LogP contribution in [0, 0.1) is 0 Å². The average Bonchev–Trinajstić information content (AvgIpc) is 3.16. The van der Waals surface area contributed by atoms with E-state index in [1.165, 1.54) is 0 Å². The number of rotatable bonds is 30. The van der Waals surface area contributed by atoms with E-state index < -0.39 is 71.8 Å². The highest BCUT2D eigenvalue weighted by molar-refractivity contribution is 7.80. The second kappa shape index (κ2) is 30.7. The van der Waals surface area contributed by atoms with Crippen LogP contribution in [-0.4, -0.2) is 133 Å². The van der Waals surface area contributed by atoms with Crippen LogP contribution in [0.1, 0.15) is 64.7 Å². The van der Waals surface area contributed by atoms with E-state index in [1.807, 2.05) is 0 Å². The van der Waals surface area contributed by atoms with Gasteiger partial charge in [-0.2, -0.15) is 50.5 Å². The van der Waals surface area contributed by atoms with Crippen molar-refractivity contribution in [2.45, 2.75) is 107 Å². The van der Waals surface area contributed by atoms with Gasteiger partial charge in [-0.25, -0.2) is 0 Å². The van der Waals surface area contributed by atoms with Gasteiger partial charge in [-0.3, -0.25) is 33.6 Å². The van der Waals surface area contributed by atoms with Gasteiger partial charge in [0.15, 0.2) is 0 Å². The number of carbonyl (C=O) groups excluding carboxylic acids is 7. The van der Waals surface area contributed by atoms with E-state index in [9.17, 15) is 33.6 Å². The van der Waals surface area contributed by atoms with E-state index in [2.05, 4.69) is 87.7 Å². The molecule has 0 bridgehead atoms. The maximum Gasteiger partial charge on any atom is 0.243 e. The van der Waals surface area contributed by atoms with Crippen LogP contribution >= 0.6 is 50.5 Å². The van der Waals surface area contributed by atoms with Crippen LogP contribution in [0.5, 0.6) is 0 Å². The van der Waals surface area contributed by atoms with Gasteiger partial charge in [0.2, 0.25) is 41.4 Å². The number of thiol groups is 4. The normalized spacial score (nSPS) is 14.9. The summed E-state index contributed by atoms with van der Waals surface area (Å²) in [6.07, 6.45) is 3.54. The van der Waals surface area contributed by atoms with Gasteiger partial charge in [0, 0.05) is 49.2 Å². The van der Waals surface area contributed by atoms with Crippen LogP contribution in [0.3, 0.4) is 0 Å². The second-order valence-electron chi connectivity index (χ2n) is 12.6. The molecule has 15 N–H and O–H groups in total. The number of unbranched alkanes of at least 4 members (excludes halogenated alkanes) is 3. The number of carbonyl (C=O) groups is 7. The van der Waals surface area contributed by atoms with Gasteiger partial charge in [-0.1, -0.05) is 0 Å². The first-order valence-electron chi connectivity index (χ1n) is 18.1. The summed E-state index contributed by atoms with van der Waals surface area (Å²) in [4.78, 5) is 88.3. The monoisotopic (exact) mass is 841 g/mol. The fraction of sp³-hybridized carbons (Fsp3) is 0.781. The second-order valence-corrected chi connectivity index (χ2v) is 14.1. The van der Waals surface area contributed by atoms with E-state index in [4.69, 9.17) is 22.9 Å². The summed E-state index contributed by atoms with van der Waals surface area (Å²) >= 11 is 16.1. The smallest absolute Gasteiger partial charge is 0.243 e. The van der Waals surface area contributed by atoms with Gasteiger partial charge in [-0.05, 0) is 64.7 Å². The fourth-order valence-corrected chi connectivity index (χ4v) is 5.37. The zero-order valence-corrected chi connectivity index (χ0v) is 34.6. The van der Waals surface area contributed by atoms with E-state index in [0.717, 1.165) is 0 Å². The lowest BCUT2D eigenvalue weighted by Gasteiger charge is -2.24. The summed E-state index contributed by atoms with van der Waals surface area (Å²) < 4.78 is 0. The minimum Gasteiger partial charge on any atom is -0.355 e. The van der Waals surface area contributed by atoms with Crippen LogP contribution in [0.4, 0.5) is 0 Å². The topological polar surface area (TPSA) is 308 Å². The Bertz CT molecular complexity index is 1180. The van der Waals surface area contributed by atoms with E-state index in [1.54, 1.807) is 6.92 Å². The lowest BCUT2D eigenvalue weighted by atomic mass is 10.0. The molecule has 0 aromatic heterocycles. The Balaban J connectivity index is 5.32. The van der Waals surface area contributed by atoms with Gasteiger partial charge < -0.3 is 60.2 Å². The van der Waals surface area contributed by atoms with Gasteiger partial charge in [0.1, 0.15) is 18.1 Å². The Labute approximate surface area is 340 Å². The molecule has 22 heteroatoms. The van der Waals surface area contributed by atoms with Crippen molar-refractivity contribution in [2.75, 3.05) is 49.2 Å². The van der Waals surface area contributed by atoms with Gasteiger partial charge in [0.05, 0.1) is 24.2 Å². The Hall–Kier alpha value is -2.47. The molecular weight excluding hydrogens is 779 g/mol. The predicted octanol–water partition coefficient (Wildman–Crippen LogP) is -3.54. The molecule has 7 amide bonds. The number of likely N-dealkylation sites (N-methyl/N-ethyl adjacent to an activating group) is 1. The fourth-order valence-electron chi connectivity index (χ4n) is 4.71. The Kier molecular flexibility index (Phi) is 29.3. The summed E-state index contributed by atoms with van der Waals surface area (Å²) in [6, 6.07) is -6.16. The molecule has 0 fully saturated rings. The molecule has 0 radical (unpaired) electrons. The predicted molar refractivity (Wildman–Crippen MR) is 222 cm³/mol. The van der Waals surface area contributed by atoms with Crippen molar-refractivity contribution in [3.63, 3.8) is 0 Å². The van der Waals surface area contributed by atoms with Crippen LogP contribution in [-0.2, 0) is 33.6 Å². The van der Waals surface area contributed by atoms with Gasteiger partial charge in [-0.15, -0.1) is 0 Å². The number of nitrogens with one attached hydrogen (secondary N) is 7. The molecule has 0 aromatic carbocycles. The highest BCUT2D eigenvalue weighted by Gasteiger charge is 2.28. The highest BCUT2D eigenvalue weighted by atomic mass is 32.1. The first-order valence-corrected chi connectivity index (χ1v) is 20.7. The number of nitrogens with two attached hydrogens (primary N) is 4. The van der Waals surface area contributed by atoms with Crippen molar-refractivity contribution < 1.29 is 33.6 Å². The molecule has 7 unspecified atom stereocenters. The molecule has 0 saturated carbocycles. The van der Waals surface area contributed by atoms with Gasteiger partial charge >= 0.3 is 0 Å². The zero-order valence-electron chi connectivity index (χ0n) is 31.0. The third kappa shape index (κ3) is 22.2. The SMILES string of the molecule is CCNC(=O)C(CCCCNC(=O)C(CCCCNC(=O)C(N)CS)NC(=O)C(N)CS)NC(=O)C(CCCCNC(=O)C(N)CS)NC(=O)C(N)CS. The molecule has 54 heavy (non-hydrogen) atoms. The minimum atomic E-state index is -1.01. The largest absolute Gasteiger partial charge is 0.355 e. The molecule has 0 aromatic rings. The van der Waals surface area contributed by atoms with Crippen LogP contribution < -0.4 is 60.2 Å². The Morgan fingerprint density at radius 2 is 0.685 bits per heavy atom. The molecular formula is C32H63N11O7S4. The molecule has 0 rings (SSSR count). The highest BCUT2D eigenvalue weighted by Crippen LogP contribution is 2.08. The summed E-state index contributed by atoms with van der Waals surface area (Å²) in [5.74, 6) is -2.66. The molecule has 7 atom stereocenters. The van der Waals surface area contributed by atoms with E-state index >= 15 is 0 Å². The number of hydrogen-bond acceptors (Lipinski definition) is 15. The summed E-state index contributed by atoms with van der Waals surface area (Å²) in [6.45, 7) is 2.92. The molecule has 0 aliphatic rings. The first-order chi connectivity index (χ1) is 25.7. The van der Waals surface area contributed by atoms with Crippen molar-refractivity contribution in [3.8, 4) is 0 Å². The maximum absolute atomic E-state index is 13.4. The Morgan fingerprint density at radius 1 is 0.407 bits per heavy atom. The molecule has 0 heterocycles. The van der Waals surface area contributed by atoms with Crippen molar-refractivity contribution in [3.05, 3.63) is 0 Å². The molecule has 18 nitrogen and oxygen atoms in total. The van der Waals surface area contributed by atoms with Crippen molar-refractivity contribution in [1.82, 2.24) is 37.2 Å². The molecule has 0 spiro atoms. The molecule has 0 aliphatic carbocycles. The van der Waals surface area contributed by atoms with Crippen molar-refractivity contribution in [2.24, 2.45) is 22.9 Å². The first kappa shape index (κ1) is 51.5. The van der Waals surface area contributed by atoms with Crippen LogP contribution in [0.25, 0.3) is 0 Å². The van der Waals surface area contributed by atoms with Crippen LogP contribution in [0.15, 0.2) is 0 Å². The Morgan fingerprint density at radius 3 is 1.02 bits per heavy atom. The molecule has 312 valence electrons. The van der Waals surface area contributed by atoms with Gasteiger partial charge in [0.25, 0.3) is 0 Å². The molecule has 0 saturated heterocycles. The third-order valence-corrected chi connectivity index (χ3v) is 9.61. The quantitative estimate of drug-likeness (QED) is 0.0248. The zero-order chi connectivity index (χ0) is 41.1. The summed E-state index contributed by atoms with van der Waals surface area (Å²) in [5, 5.41) is 18.9.